The van der Waals surface area contributed by atoms with Crippen molar-refractivity contribution in [2.45, 2.75) is 45.2 Å². The quantitative estimate of drug-likeness (QED) is 0.518. The van der Waals surface area contributed by atoms with Crippen LogP contribution in [0.5, 0.6) is 0 Å². The second-order valence-electron chi connectivity index (χ2n) is 9.02. The first-order valence-electron chi connectivity index (χ1n) is 11.4. The molecule has 0 unspecified atom stereocenters. The van der Waals surface area contributed by atoms with Crippen LogP contribution < -0.4 is 5.73 Å². The highest BCUT2D eigenvalue weighted by Crippen LogP contribution is 2.31. The third-order valence-corrected chi connectivity index (χ3v) is 6.95. The van der Waals surface area contributed by atoms with Gasteiger partial charge < -0.3 is 10.1 Å². The van der Waals surface area contributed by atoms with Gasteiger partial charge in [0.15, 0.2) is 0 Å². The number of aryl methyl sites for hydroxylation is 2. The number of nitrogen functional groups attached to an aromatic ring is 1. The molecule has 3 heterocycles. The minimum Gasteiger partial charge on any atom is -0.398 e. The van der Waals surface area contributed by atoms with Crippen LogP contribution in [0.3, 0.4) is 0 Å². The minimum atomic E-state index is 0.770. The van der Waals surface area contributed by atoms with Gasteiger partial charge in [-0.05, 0) is 72.6 Å². The first kappa shape index (κ1) is 18.6. The molecule has 0 radical (unpaired) electrons. The Morgan fingerprint density at radius 2 is 1.65 bits per heavy atom. The maximum atomic E-state index is 6.17. The third kappa shape index (κ3) is 3.41. The number of nitrogens with zero attached hydrogens (tertiary/aromatic N) is 3. The summed E-state index contributed by atoms with van der Waals surface area (Å²) in [5, 5.41) is 0. The molecular weight excluding hydrogens is 380 g/mol. The Kier molecular flexibility index (Phi) is 4.53. The molecule has 0 saturated carbocycles. The summed E-state index contributed by atoms with van der Waals surface area (Å²) in [5.74, 6) is 0. The number of hydrogen-bond acceptors (Lipinski definition) is 3. The lowest BCUT2D eigenvalue weighted by Crippen LogP contribution is -2.30. The summed E-state index contributed by atoms with van der Waals surface area (Å²) in [6.45, 7) is 2.91. The van der Waals surface area contributed by atoms with Gasteiger partial charge in [0, 0.05) is 37.1 Å². The predicted molar refractivity (Wildman–Crippen MR) is 126 cm³/mol. The van der Waals surface area contributed by atoms with E-state index in [2.05, 4.69) is 51.8 Å². The smallest absolute Gasteiger partial charge is 0.137 e. The molecule has 0 saturated heterocycles. The Balaban J connectivity index is 1.42. The van der Waals surface area contributed by atoms with E-state index >= 15 is 0 Å². The van der Waals surface area contributed by atoms with Crippen LogP contribution in [0, 0.1) is 0 Å². The van der Waals surface area contributed by atoms with Crippen LogP contribution in [-0.2, 0) is 32.4 Å². The van der Waals surface area contributed by atoms with Crippen LogP contribution >= 0.6 is 0 Å². The first-order chi connectivity index (χ1) is 15.2. The van der Waals surface area contributed by atoms with Crippen LogP contribution in [-0.4, -0.2) is 20.8 Å². The second kappa shape index (κ2) is 7.54. The molecule has 31 heavy (non-hydrogen) atoms. The van der Waals surface area contributed by atoms with Crippen molar-refractivity contribution in [1.29, 1.82) is 0 Å². The van der Waals surface area contributed by atoms with Crippen molar-refractivity contribution in [1.82, 2.24) is 14.3 Å². The van der Waals surface area contributed by atoms with Crippen LogP contribution in [0.1, 0.15) is 40.8 Å². The molecule has 1 aliphatic carbocycles. The molecule has 156 valence electrons. The summed E-state index contributed by atoms with van der Waals surface area (Å²) < 4.78 is 2.20. The average Bonchev–Trinajstić information content (AvgIpc) is 3.16. The van der Waals surface area contributed by atoms with Gasteiger partial charge in [0.2, 0.25) is 0 Å². The molecule has 0 atom stereocenters. The largest absolute Gasteiger partial charge is 0.398 e. The van der Waals surface area contributed by atoms with Gasteiger partial charge in [0.05, 0.1) is 11.4 Å². The summed E-state index contributed by atoms with van der Waals surface area (Å²) in [6, 6.07) is 19.8. The fraction of sp³-hybridized carbons (Fsp3) is 0.296. The van der Waals surface area contributed by atoms with Gasteiger partial charge >= 0.3 is 0 Å². The van der Waals surface area contributed by atoms with Crippen LogP contribution in [0.15, 0.2) is 60.8 Å². The molecule has 4 aromatic rings. The molecule has 4 heteroatoms. The average molecular weight is 409 g/mol. The second-order valence-corrected chi connectivity index (χ2v) is 9.02. The van der Waals surface area contributed by atoms with E-state index in [1.54, 1.807) is 0 Å². The van der Waals surface area contributed by atoms with E-state index in [-0.39, 0.29) is 0 Å². The van der Waals surface area contributed by atoms with Gasteiger partial charge in [-0.1, -0.05) is 36.4 Å². The molecule has 2 aliphatic rings. The van der Waals surface area contributed by atoms with Crippen molar-refractivity contribution in [2.24, 2.45) is 0 Å². The van der Waals surface area contributed by atoms with E-state index in [0.29, 0.717) is 0 Å². The summed E-state index contributed by atoms with van der Waals surface area (Å²) in [7, 11) is 0. The first-order valence-corrected chi connectivity index (χ1v) is 11.4. The molecular formula is C27H28N4. The number of imidazole rings is 1. The van der Waals surface area contributed by atoms with E-state index in [1.165, 1.54) is 59.2 Å². The maximum Gasteiger partial charge on any atom is 0.137 e. The van der Waals surface area contributed by atoms with Gasteiger partial charge in [0.25, 0.3) is 0 Å². The number of rotatable bonds is 3. The summed E-state index contributed by atoms with van der Waals surface area (Å²) in [6.07, 6.45) is 8.11. The molecule has 6 rings (SSSR count). The van der Waals surface area contributed by atoms with Crippen LogP contribution in [0.2, 0.25) is 0 Å². The van der Waals surface area contributed by atoms with Gasteiger partial charge in [-0.15, -0.1) is 0 Å². The number of benzene rings is 2. The van der Waals surface area contributed by atoms with Gasteiger partial charge in [0.1, 0.15) is 5.65 Å². The Morgan fingerprint density at radius 1 is 0.839 bits per heavy atom. The van der Waals surface area contributed by atoms with Crippen molar-refractivity contribution in [2.75, 3.05) is 12.3 Å². The van der Waals surface area contributed by atoms with E-state index < -0.39 is 0 Å². The van der Waals surface area contributed by atoms with E-state index in [9.17, 15) is 0 Å². The molecule has 0 bridgehead atoms. The van der Waals surface area contributed by atoms with Crippen molar-refractivity contribution in [3.63, 3.8) is 0 Å². The van der Waals surface area contributed by atoms with Gasteiger partial charge in [-0.2, -0.15) is 0 Å². The van der Waals surface area contributed by atoms with Crippen LogP contribution in [0.25, 0.3) is 16.9 Å². The third-order valence-electron chi connectivity index (χ3n) is 6.95. The van der Waals surface area contributed by atoms with Crippen LogP contribution in [0.4, 0.5) is 5.69 Å². The number of anilines is 1. The predicted octanol–water partition coefficient (Wildman–Crippen LogP) is 5.02. The maximum absolute atomic E-state index is 6.17. The number of hydrogen-bond donors (Lipinski definition) is 1. The molecule has 2 aromatic carbocycles. The highest BCUT2D eigenvalue weighted by atomic mass is 15.2. The van der Waals surface area contributed by atoms with E-state index in [1.807, 2.05) is 18.3 Å². The SMILES string of the molecule is Nc1ccc2nc(-c3ccc4c(c3)CCCC4)c(CN3CCc4ccccc4C3)n2c1. The Labute approximate surface area is 183 Å². The van der Waals surface area contributed by atoms with Gasteiger partial charge in [-0.3, -0.25) is 4.90 Å². The highest BCUT2D eigenvalue weighted by Gasteiger charge is 2.22. The fourth-order valence-electron chi connectivity index (χ4n) is 5.27. The zero-order valence-electron chi connectivity index (χ0n) is 17.8. The minimum absolute atomic E-state index is 0.770. The number of fused-ring (bicyclic) bond motifs is 3. The Hall–Kier alpha value is -3.11. The number of nitrogens with two attached hydrogens (primary N) is 1. The summed E-state index contributed by atoms with van der Waals surface area (Å²) >= 11 is 0. The van der Waals surface area contributed by atoms with Crippen molar-refractivity contribution >= 4 is 11.3 Å². The molecule has 0 fully saturated rings. The molecule has 2 N–H and O–H groups in total. The molecule has 0 spiro atoms. The zero-order chi connectivity index (χ0) is 20.8. The topological polar surface area (TPSA) is 46.6 Å². The molecule has 2 aromatic heterocycles. The standard InChI is InChI=1S/C27H28N4/c28-24-11-12-26-29-27(22-10-9-19-5-1-3-7-21(19)15-22)25(31(26)17-24)18-30-14-13-20-6-2-4-8-23(20)16-30/h2,4,6,8-12,15,17H,1,3,5,7,13-14,16,18,28H2. The Bertz CT molecular complexity index is 1270. The molecule has 4 nitrogen and oxygen atoms in total. The summed E-state index contributed by atoms with van der Waals surface area (Å²) in [4.78, 5) is 7.60. The lowest BCUT2D eigenvalue weighted by atomic mass is 9.89. The number of pyridine rings is 1. The number of aromatic nitrogens is 2. The normalized spacial score (nSPS) is 16.3. The molecule has 1 aliphatic heterocycles. The highest BCUT2D eigenvalue weighted by molar-refractivity contribution is 5.69. The lowest BCUT2D eigenvalue weighted by molar-refractivity contribution is 0.242. The zero-order valence-corrected chi connectivity index (χ0v) is 17.8. The summed E-state index contributed by atoms with van der Waals surface area (Å²) in [5.41, 5.74) is 17.4. The molecule has 0 amide bonds. The Morgan fingerprint density at radius 3 is 2.55 bits per heavy atom. The fourth-order valence-corrected chi connectivity index (χ4v) is 5.27. The van der Waals surface area contributed by atoms with Crippen molar-refractivity contribution in [3.8, 4) is 11.3 Å². The van der Waals surface area contributed by atoms with E-state index in [4.69, 9.17) is 10.7 Å². The van der Waals surface area contributed by atoms with Crippen molar-refractivity contribution in [3.05, 3.63) is 88.7 Å². The van der Waals surface area contributed by atoms with Gasteiger partial charge in [-0.25, -0.2) is 4.98 Å². The lowest BCUT2D eigenvalue weighted by Gasteiger charge is -2.29. The monoisotopic (exact) mass is 408 g/mol. The van der Waals surface area contributed by atoms with Crippen molar-refractivity contribution < 1.29 is 0 Å². The van der Waals surface area contributed by atoms with E-state index in [0.717, 1.165) is 43.1 Å².